The predicted octanol–water partition coefficient (Wildman–Crippen LogP) is 3.52. The summed E-state index contributed by atoms with van der Waals surface area (Å²) in [7, 11) is 0. The lowest BCUT2D eigenvalue weighted by atomic mass is 10.1. The van der Waals surface area contributed by atoms with Crippen LogP contribution in [0.2, 0.25) is 4.34 Å². The highest BCUT2D eigenvalue weighted by Crippen LogP contribution is 2.27. The number of nitrogens with zero attached hydrogens (tertiary/aromatic N) is 1. The van der Waals surface area contributed by atoms with Gasteiger partial charge in [0.1, 0.15) is 0 Å². The van der Waals surface area contributed by atoms with E-state index in [-0.39, 0.29) is 22.9 Å². The summed E-state index contributed by atoms with van der Waals surface area (Å²) in [4.78, 5) is 15.1. The van der Waals surface area contributed by atoms with Crippen LogP contribution < -0.4 is 5.73 Å². The number of nitrogens with two attached hydrogens (primary N) is 1. The molecule has 0 atom stereocenters. The number of phenolic OH excluding ortho intramolecular Hbond substituents is 1. The van der Waals surface area contributed by atoms with E-state index in [1.807, 2.05) is 6.07 Å². The Bertz CT molecular complexity index is 669. The summed E-state index contributed by atoms with van der Waals surface area (Å²) < 4.78 is 0.669. The summed E-state index contributed by atoms with van der Waals surface area (Å²) in [6, 6.07) is 8.39. The lowest BCUT2D eigenvalue weighted by Crippen LogP contribution is -2.30. The normalized spacial score (nSPS) is 10.3. The van der Waals surface area contributed by atoms with Crippen molar-refractivity contribution in [1.82, 2.24) is 4.90 Å². The Labute approximate surface area is 132 Å². The summed E-state index contributed by atoms with van der Waals surface area (Å²) in [5, 5.41) is 9.94. The number of carbonyl (C=O) groups is 1. The second kappa shape index (κ2) is 6.65. The van der Waals surface area contributed by atoms with Crippen molar-refractivity contribution >= 4 is 34.5 Å². The first-order valence-corrected chi connectivity index (χ1v) is 7.44. The molecule has 0 bridgehead atoms. The maximum Gasteiger partial charge on any atom is 0.258 e. The third-order valence-corrected chi connectivity index (χ3v) is 4.13. The van der Waals surface area contributed by atoms with E-state index in [1.54, 1.807) is 35.2 Å². The predicted molar refractivity (Wildman–Crippen MR) is 86.8 cm³/mol. The average Bonchev–Trinajstić information content (AvgIpc) is 2.86. The van der Waals surface area contributed by atoms with E-state index >= 15 is 0 Å². The fraction of sp³-hybridized carbons (Fsp3) is 0.133. The van der Waals surface area contributed by atoms with Crippen molar-refractivity contribution in [2.24, 2.45) is 0 Å². The summed E-state index contributed by atoms with van der Waals surface area (Å²) in [5.74, 6) is -0.495. The third-order valence-electron chi connectivity index (χ3n) is 2.91. The van der Waals surface area contributed by atoms with Crippen molar-refractivity contribution in [2.45, 2.75) is 6.54 Å². The van der Waals surface area contributed by atoms with E-state index in [1.165, 1.54) is 11.3 Å². The van der Waals surface area contributed by atoms with Gasteiger partial charge in [0.05, 0.1) is 22.1 Å². The Balaban J connectivity index is 2.26. The number of benzene rings is 1. The number of anilines is 1. The quantitative estimate of drug-likeness (QED) is 0.503. The van der Waals surface area contributed by atoms with Gasteiger partial charge in [-0.15, -0.1) is 17.9 Å². The number of amides is 1. The van der Waals surface area contributed by atoms with Gasteiger partial charge in [-0.05, 0) is 24.3 Å². The van der Waals surface area contributed by atoms with Crippen molar-refractivity contribution in [1.29, 1.82) is 0 Å². The van der Waals surface area contributed by atoms with E-state index in [4.69, 9.17) is 17.3 Å². The van der Waals surface area contributed by atoms with Gasteiger partial charge in [0, 0.05) is 11.4 Å². The fourth-order valence-electron chi connectivity index (χ4n) is 1.90. The maximum atomic E-state index is 12.6. The number of halogens is 1. The number of hydrogen-bond acceptors (Lipinski definition) is 4. The number of phenols is 1. The molecule has 2 aromatic rings. The zero-order chi connectivity index (χ0) is 15.4. The molecule has 0 saturated heterocycles. The van der Waals surface area contributed by atoms with E-state index in [9.17, 15) is 9.90 Å². The van der Waals surface area contributed by atoms with Crippen LogP contribution in [0, 0.1) is 0 Å². The van der Waals surface area contributed by atoms with Gasteiger partial charge in [-0.1, -0.05) is 23.7 Å². The number of aromatic hydroxyl groups is 1. The van der Waals surface area contributed by atoms with Crippen LogP contribution in [-0.4, -0.2) is 22.5 Å². The topological polar surface area (TPSA) is 66.6 Å². The SMILES string of the molecule is C=CCN(Cc1ccc(Cl)s1)C(=O)c1cccc(N)c1O. The minimum Gasteiger partial charge on any atom is -0.505 e. The Morgan fingerprint density at radius 2 is 2.19 bits per heavy atom. The van der Waals surface area contributed by atoms with Crippen LogP contribution in [0.4, 0.5) is 5.69 Å². The smallest absolute Gasteiger partial charge is 0.258 e. The number of hydrogen-bond donors (Lipinski definition) is 2. The van der Waals surface area contributed by atoms with Gasteiger partial charge in [-0.3, -0.25) is 4.79 Å². The molecule has 1 aromatic carbocycles. The molecule has 110 valence electrons. The molecule has 0 aliphatic heterocycles. The second-order valence-electron chi connectivity index (χ2n) is 4.42. The van der Waals surface area contributed by atoms with Gasteiger partial charge < -0.3 is 15.7 Å². The van der Waals surface area contributed by atoms with Crippen LogP contribution in [0.5, 0.6) is 5.75 Å². The molecule has 0 aliphatic rings. The van der Waals surface area contributed by atoms with Crippen LogP contribution in [0.25, 0.3) is 0 Å². The number of nitrogen functional groups attached to an aromatic ring is 1. The van der Waals surface area contributed by atoms with Gasteiger partial charge in [0.2, 0.25) is 0 Å². The number of rotatable bonds is 5. The molecule has 0 unspecified atom stereocenters. The summed E-state index contributed by atoms with van der Waals surface area (Å²) in [6.45, 7) is 4.42. The molecule has 21 heavy (non-hydrogen) atoms. The second-order valence-corrected chi connectivity index (χ2v) is 6.22. The van der Waals surface area contributed by atoms with Crippen molar-refractivity contribution in [3.05, 3.63) is 57.8 Å². The maximum absolute atomic E-state index is 12.6. The van der Waals surface area contributed by atoms with Gasteiger partial charge in [-0.25, -0.2) is 0 Å². The van der Waals surface area contributed by atoms with Crippen molar-refractivity contribution in [2.75, 3.05) is 12.3 Å². The minimum atomic E-state index is -0.302. The molecule has 0 fully saturated rings. The molecular weight excluding hydrogens is 308 g/mol. The van der Waals surface area contributed by atoms with Crippen molar-refractivity contribution in [3.63, 3.8) is 0 Å². The van der Waals surface area contributed by atoms with Gasteiger partial charge >= 0.3 is 0 Å². The first-order valence-electron chi connectivity index (χ1n) is 6.24. The summed E-state index contributed by atoms with van der Waals surface area (Å²) >= 11 is 7.31. The Morgan fingerprint density at radius 3 is 2.81 bits per heavy atom. The molecule has 2 rings (SSSR count). The zero-order valence-corrected chi connectivity index (χ0v) is 12.8. The Morgan fingerprint density at radius 1 is 1.43 bits per heavy atom. The van der Waals surface area contributed by atoms with Crippen LogP contribution in [0.15, 0.2) is 43.0 Å². The highest BCUT2D eigenvalue weighted by molar-refractivity contribution is 7.16. The third kappa shape index (κ3) is 3.56. The average molecular weight is 323 g/mol. The largest absolute Gasteiger partial charge is 0.505 e. The number of para-hydroxylation sites is 1. The lowest BCUT2D eigenvalue weighted by molar-refractivity contribution is 0.0761. The van der Waals surface area contributed by atoms with Crippen molar-refractivity contribution in [3.8, 4) is 5.75 Å². The first-order chi connectivity index (χ1) is 10.0. The molecule has 1 aromatic heterocycles. The molecular formula is C15H15ClN2O2S. The molecule has 1 heterocycles. The van der Waals surface area contributed by atoms with E-state index in [2.05, 4.69) is 6.58 Å². The Hall–Kier alpha value is -1.98. The van der Waals surface area contributed by atoms with Gasteiger partial charge in [-0.2, -0.15) is 0 Å². The highest BCUT2D eigenvalue weighted by Gasteiger charge is 2.20. The molecule has 4 nitrogen and oxygen atoms in total. The van der Waals surface area contributed by atoms with Crippen LogP contribution in [-0.2, 0) is 6.54 Å². The highest BCUT2D eigenvalue weighted by atomic mass is 35.5. The molecule has 0 aliphatic carbocycles. The first kappa shape index (κ1) is 15.4. The van der Waals surface area contributed by atoms with Crippen LogP contribution in [0.3, 0.4) is 0 Å². The van der Waals surface area contributed by atoms with E-state index in [0.717, 1.165) is 4.88 Å². The van der Waals surface area contributed by atoms with Gasteiger partial charge in [0.25, 0.3) is 5.91 Å². The van der Waals surface area contributed by atoms with Crippen molar-refractivity contribution < 1.29 is 9.90 Å². The van der Waals surface area contributed by atoms with Crippen LogP contribution >= 0.6 is 22.9 Å². The zero-order valence-electron chi connectivity index (χ0n) is 11.3. The Kier molecular flexibility index (Phi) is 4.88. The summed E-state index contributed by atoms with van der Waals surface area (Å²) in [5.41, 5.74) is 5.99. The standard InChI is InChI=1S/C15H15ClN2O2S/c1-2-8-18(9-10-6-7-13(16)21-10)15(20)11-4-3-5-12(17)14(11)19/h2-7,19H,1,8-9,17H2. The molecule has 1 amide bonds. The lowest BCUT2D eigenvalue weighted by Gasteiger charge is -2.21. The molecule has 3 N–H and O–H groups in total. The number of thiophene rings is 1. The molecule has 0 radical (unpaired) electrons. The minimum absolute atomic E-state index is 0.179. The fourth-order valence-corrected chi connectivity index (χ4v) is 3.01. The monoisotopic (exact) mass is 322 g/mol. The van der Waals surface area contributed by atoms with E-state index in [0.29, 0.717) is 17.4 Å². The molecule has 6 heteroatoms. The van der Waals surface area contributed by atoms with Gasteiger partial charge in [0.15, 0.2) is 5.75 Å². The van der Waals surface area contributed by atoms with Crippen LogP contribution in [0.1, 0.15) is 15.2 Å². The number of carbonyl (C=O) groups excluding carboxylic acids is 1. The van der Waals surface area contributed by atoms with E-state index < -0.39 is 0 Å². The molecule has 0 saturated carbocycles. The molecule has 0 spiro atoms. The summed E-state index contributed by atoms with van der Waals surface area (Å²) in [6.07, 6.45) is 1.64.